The van der Waals surface area contributed by atoms with Gasteiger partial charge in [0.05, 0.1) is 0 Å². The van der Waals surface area contributed by atoms with Crippen molar-refractivity contribution in [2.75, 3.05) is 0 Å². The molecule has 0 amide bonds. The van der Waals surface area contributed by atoms with E-state index in [2.05, 4.69) is 194 Å². The molecule has 0 N–H and O–H groups in total. The molecule has 0 unspecified atom stereocenters. The van der Waals surface area contributed by atoms with Crippen LogP contribution >= 0.6 is 0 Å². The Morgan fingerprint density at radius 2 is 0.611 bits per heavy atom. The maximum atomic E-state index is 2.53. The van der Waals surface area contributed by atoms with E-state index in [1.54, 1.807) is 0 Å². The fraction of sp³-hybridized carbons (Fsp3) is 0. The molecule has 248 valence electrons. The van der Waals surface area contributed by atoms with Gasteiger partial charge in [-0.1, -0.05) is 176 Å². The van der Waals surface area contributed by atoms with Gasteiger partial charge >= 0.3 is 0 Å². The van der Waals surface area contributed by atoms with Crippen LogP contribution in [-0.4, -0.2) is 0 Å². The van der Waals surface area contributed by atoms with Gasteiger partial charge in [0.2, 0.25) is 0 Å². The molecule has 0 heterocycles. The summed E-state index contributed by atoms with van der Waals surface area (Å²) in [5, 5.41) is 18.4. The molecule has 0 saturated carbocycles. The summed E-state index contributed by atoms with van der Waals surface area (Å²) in [6.07, 6.45) is 0. The lowest BCUT2D eigenvalue weighted by molar-refractivity contribution is 1.61. The van der Waals surface area contributed by atoms with Crippen molar-refractivity contribution in [1.82, 2.24) is 0 Å². The summed E-state index contributed by atoms with van der Waals surface area (Å²) in [6.45, 7) is 0. The highest BCUT2D eigenvalue weighted by molar-refractivity contribution is 6.44. The van der Waals surface area contributed by atoms with Crippen LogP contribution in [0.1, 0.15) is 0 Å². The molecule has 0 aliphatic rings. The third kappa shape index (κ3) is 4.08. The lowest BCUT2D eigenvalue weighted by Crippen LogP contribution is -1.92. The highest BCUT2D eigenvalue weighted by atomic mass is 14.3. The van der Waals surface area contributed by atoms with E-state index >= 15 is 0 Å². The van der Waals surface area contributed by atoms with E-state index in [0.717, 1.165) is 0 Å². The summed E-state index contributed by atoms with van der Waals surface area (Å²) in [5.41, 5.74) is 9.99. The third-order valence-corrected chi connectivity index (χ3v) is 11.9. The smallest absolute Gasteiger partial charge is 0.000719 e. The zero-order valence-corrected chi connectivity index (χ0v) is 29.5. The molecule has 12 rings (SSSR count). The second kappa shape index (κ2) is 11.2. The van der Waals surface area contributed by atoms with E-state index in [0.29, 0.717) is 0 Å². The Balaban J connectivity index is 1.36. The monoisotopic (exact) mass is 680 g/mol. The Labute approximate surface area is 312 Å². The lowest BCUT2D eigenvalue weighted by Gasteiger charge is -2.20. The molecule has 0 nitrogen and oxygen atoms in total. The fourth-order valence-electron chi connectivity index (χ4n) is 9.71. The minimum atomic E-state index is 1.22. The first-order valence-corrected chi connectivity index (χ1v) is 18.9. The van der Waals surface area contributed by atoms with Crippen LogP contribution in [0.25, 0.3) is 120 Å². The van der Waals surface area contributed by atoms with Gasteiger partial charge in [0, 0.05) is 0 Å². The number of hydrogen-bond acceptors (Lipinski definition) is 0. The Morgan fingerprint density at radius 1 is 0.185 bits per heavy atom. The zero-order chi connectivity index (χ0) is 35.3. The Morgan fingerprint density at radius 3 is 1.24 bits per heavy atom. The van der Waals surface area contributed by atoms with Gasteiger partial charge in [-0.05, 0) is 138 Å². The predicted molar refractivity (Wildman–Crippen MR) is 233 cm³/mol. The minimum Gasteiger partial charge on any atom is -0.0622 e. The Hall–Kier alpha value is -7.02. The van der Waals surface area contributed by atoms with E-state index < -0.39 is 0 Å². The lowest BCUT2D eigenvalue weighted by atomic mass is 9.83. The molecular weight excluding hydrogens is 649 g/mol. The molecule has 0 aromatic heterocycles. The van der Waals surface area contributed by atoms with E-state index in [1.807, 2.05) is 0 Å². The van der Waals surface area contributed by atoms with E-state index in [-0.39, 0.29) is 0 Å². The number of fused-ring (bicyclic) bond motifs is 8. The van der Waals surface area contributed by atoms with Crippen molar-refractivity contribution < 1.29 is 0 Å². The summed E-state index contributed by atoms with van der Waals surface area (Å²) in [6, 6.07) is 72.2. The molecule has 12 aromatic carbocycles. The number of benzene rings is 10. The summed E-state index contributed by atoms with van der Waals surface area (Å²) < 4.78 is 0. The maximum absolute atomic E-state index is 2.53. The van der Waals surface area contributed by atoms with Crippen molar-refractivity contribution in [3.8, 4) is 44.5 Å². The second-order valence-corrected chi connectivity index (χ2v) is 14.7. The molecule has 0 heteroatoms. The maximum Gasteiger partial charge on any atom is -0.000719 e. The quantitative estimate of drug-likeness (QED) is 0.162. The first-order valence-electron chi connectivity index (χ1n) is 18.9. The second-order valence-electron chi connectivity index (χ2n) is 14.7. The Bertz CT molecular complexity index is 3400. The highest BCUT2D eigenvalue weighted by Gasteiger charge is 2.26. The van der Waals surface area contributed by atoms with Gasteiger partial charge in [0.1, 0.15) is 0 Å². The average molecular weight is 681 g/mol. The van der Waals surface area contributed by atoms with E-state index in [4.69, 9.17) is 0 Å². The van der Waals surface area contributed by atoms with Crippen LogP contribution in [0.2, 0.25) is 0 Å². The van der Waals surface area contributed by atoms with Crippen molar-refractivity contribution in [2.45, 2.75) is 0 Å². The molecule has 12 aromatic rings. The van der Waals surface area contributed by atoms with Crippen LogP contribution in [0.4, 0.5) is 0 Å². The summed E-state index contributed by atoms with van der Waals surface area (Å²) in [5.74, 6) is 0. The predicted octanol–water partition coefficient (Wildman–Crippen LogP) is 15.3. The highest BCUT2D eigenvalue weighted by Crippen LogP contribution is 2.55. The van der Waals surface area contributed by atoms with Crippen LogP contribution in [0.3, 0.4) is 0 Å². The van der Waals surface area contributed by atoms with Gasteiger partial charge < -0.3 is 0 Å². The van der Waals surface area contributed by atoms with Crippen molar-refractivity contribution in [3.63, 3.8) is 0 Å². The Kier molecular flexibility index (Phi) is 6.15. The van der Waals surface area contributed by atoms with E-state index in [1.165, 1.54) is 120 Å². The van der Waals surface area contributed by atoms with Gasteiger partial charge in [-0.25, -0.2) is 0 Å². The van der Waals surface area contributed by atoms with Gasteiger partial charge in [-0.2, -0.15) is 0 Å². The van der Waals surface area contributed by atoms with Gasteiger partial charge in [0.15, 0.2) is 0 Å². The molecule has 54 heavy (non-hydrogen) atoms. The third-order valence-electron chi connectivity index (χ3n) is 11.9. The molecule has 0 aliphatic carbocycles. The molecule has 0 atom stereocenters. The minimum absolute atomic E-state index is 1.22. The number of rotatable bonds is 4. The van der Waals surface area contributed by atoms with Crippen molar-refractivity contribution >= 4 is 75.4 Å². The molecule has 0 saturated heterocycles. The van der Waals surface area contributed by atoms with Crippen molar-refractivity contribution in [3.05, 3.63) is 194 Å². The molecule has 0 fully saturated rings. The van der Waals surface area contributed by atoms with E-state index in [9.17, 15) is 0 Å². The largest absolute Gasteiger partial charge is 0.0622 e. The van der Waals surface area contributed by atoms with Crippen LogP contribution in [-0.2, 0) is 0 Å². The standard InChI is InChI=1S/C54H32/c1-3-14-33(15-4-1)36-20-9-22-38(30-36)49-47-32-46-41-25-8-7-24-40(41)42-26-13-29-45(51(42)46)52(47)50(39-23-10-21-37(31-39)34-16-5-2-6-17-34)54-44-28-12-19-35-18-11-27-43(48(35)44)53(49)54/h1-32H. The molecular formula is C54H32. The first-order chi connectivity index (χ1) is 26.8. The molecule has 0 bridgehead atoms. The molecule has 0 spiro atoms. The van der Waals surface area contributed by atoms with Crippen molar-refractivity contribution in [1.29, 1.82) is 0 Å². The SMILES string of the molecule is c1ccc(-c2cccc(-c3c4cc5c6ccccc6c6cccc(c4c(-c4cccc(-c7ccccc7)c4)c4c7cccc8cccc(c34)c87)c65)c2)cc1. The number of hydrogen-bond donors (Lipinski definition) is 0. The average Bonchev–Trinajstić information content (AvgIpc) is 3.75. The summed E-state index contributed by atoms with van der Waals surface area (Å²) in [7, 11) is 0. The van der Waals surface area contributed by atoms with Crippen LogP contribution < -0.4 is 0 Å². The molecule has 0 radical (unpaired) electrons. The van der Waals surface area contributed by atoms with Crippen molar-refractivity contribution in [2.24, 2.45) is 0 Å². The topological polar surface area (TPSA) is 0 Å². The summed E-state index contributed by atoms with van der Waals surface area (Å²) >= 11 is 0. The van der Waals surface area contributed by atoms with Gasteiger partial charge in [-0.3, -0.25) is 0 Å². The zero-order valence-electron chi connectivity index (χ0n) is 29.5. The van der Waals surface area contributed by atoms with Crippen LogP contribution in [0.5, 0.6) is 0 Å². The van der Waals surface area contributed by atoms with Gasteiger partial charge in [0.25, 0.3) is 0 Å². The molecule has 0 aliphatic heterocycles. The first kappa shape index (κ1) is 29.5. The fourth-order valence-corrected chi connectivity index (χ4v) is 9.71. The van der Waals surface area contributed by atoms with Crippen LogP contribution in [0, 0.1) is 0 Å². The van der Waals surface area contributed by atoms with Gasteiger partial charge in [-0.15, -0.1) is 0 Å². The van der Waals surface area contributed by atoms with Crippen LogP contribution in [0.15, 0.2) is 194 Å². The summed E-state index contributed by atoms with van der Waals surface area (Å²) in [4.78, 5) is 0. The normalized spacial score (nSPS) is 12.1.